The molecule has 0 aliphatic rings. The van der Waals surface area contributed by atoms with Gasteiger partial charge in [0.25, 0.3) is 0 Å². The van der Waals surface area contributed by atoms with Crippen molar-refractivity contribution in [2.45, 2.75) is 6.92 Å². The lowest BCUT2D eigenvalue weighted by Crippen LogP contribution is -2.01. The lowest BCUT2D eigenvalue weighted by atomic mass is 10.1. The normalized spacial score (nSPS) is 10.1. The Bertz CT molecular complexity index is 609. The molecule has 20 heavy (non-hydrogen) atoms. The van der Waals surface area contributed by atoms with Crippen LogP contribution >= 0.6 is 0 Å². The molecule has 1 heterocycles. The lowest BCUT2D eigenvalue weighted by Gasteiger charge is -2.03. The molecule has 0 saturated heterocycles. The van der Waals surface area contributed by atoms with Gasteiger partial charge in [-0.15, -0.1) is 0 Å². The van der Waals surface area contributed by atoms with Crippen LogP contribution < -0.4 is 4.74 Å². The van der Waals surface area contributed by atoms with Gasteiger partial charge in [0.15, 0.2) is 5.76 Å². The number of ketones is 1. The summed E-state index contributed by atoms with van der Waals surface area (Å²) in [5.74, 6) is -0.131. The number of ether oxygens (including phenoxy) is 2. The van der Waals surface area contributed by atoms with E-state index in [-0.39, 0.29) is 17.3 Å². The summed E-state index contributed by atoms with van der Waals surface area (Å²) in [7, 11) is 1.25. The minimum absolute atomic E-state index is 0.00165. The molecular weight excluding hydrogens is 260 g/mol. The van der Waals surface area contributed by atoms with Gasteiger partial charge in [0, 0.05) is 5.56 Å². The van der Waals surface area contributed by atoms with Crippen molar-refractivity contribution in [3.8, 4) is 5.75 Å². The summed E-state index contributed by atoms with van der Waals surface area (Å²) < 4.78 is 15.0. The summed E-state index contributed by atoms with van der Waals surface area (Å²) >= 11 is 0. The van der Waals surface area contributed by atoms with Crippen LogP contribution in [0.4, 0.5) is 0 Å². The number of methoxy groups -OCH3 is 1. The third-order valence-electron chi connectivity index (χ3n) is 2.64. The highest BCUT2D eigenvalue weighted by Gasteiger charge is 2.17. The summed E-state index contributed by atoms with van der Waals surface area (Å²) in [6.45, 7) is 2.45. The van der Waals surface area contributed by atoms with Crippen LogP contribution in [0.3, 0.4) is 0 Å². The molecule has 0 atom stereocenters. The van der Waals surface area contributed by atoms with E-state index in [0.29, 0.717) is 17.9 Å². The maximum absolute atomic E-state index is 12.2. The summed E-state index contributed by atoms with van der Waals surface area (Å²) in [4.78, 5) is 23.4. The average Bonchev–Trinajstić information content (AvgIpc) is 2.96. The SMILES string of the molecule is CCOc1ccc(C(=O)c2ccc(C(=O)OC)o2)cc1. The van der Waals surface area contributed by atoms with Gasteiger partial charge in [0.05, 0.1) is 13.7 Å². The van der Waals surface area contributed by atoms with E-state index >= 15 is 0 Å². The molecular formula is C15H14O5. The van der Waals surface area contributed by atoms with Crippen LogP contribution in [0, 0.1) is 0 Å². The van der Waals surface area contributed by atoms with Gasteiger partial charge in [-0.05, 0) is 43.3 Å². The summed E-state index contributed by atoms with van der Waals surface area (Å²) in [6, 6.07) is 9.57. The number of esters is 1. The van der Waals surface area contributed by atoms with Gasteiger partial charge in [-0.1, -0.05) is 0 Å². The fourth-order valence-corrected chi connectivity index (χ4v) is 1.68. The second kappa shape index (κ2) is 6.06. The maximum Gasteiger partial charge on any atom is 0.373 e. The van der Waals surface area contributed by atoms with Gasteiger partial charge in [0.1, 0.15) is 5.75 Å². The molecule has 2 aromatic rings. The van der Waals surface area contributed by atoms with Crippen LogP contribution in [0.5, 0.6) is 5.75 Å². The zero-order chi connectivity index (χ0) is 14.5. The average molecular weight is 274 g/mol. The van der Waals surface area contributed by atoms with Crippen LogP contribution in [-0.4, -0.2) is 25.5 Å². The van der Waals surface area contributed by atoms with Crippen molar-refractivity contribution < 1.29 is 23.5 Å². The molecule has 0 fully saturated rings. The second-order valence-electron chi connectivity index (χ2n) is 3.94. The van der Waals surface area contributed by atoms with E-state index in [1.807, 2.05) is 6.92 Å². The predicted molar refractivity (Wildman–Crippen MR) is 71.1 cm³/mol. The number of hydrogen-bond acceptors (Lipinski definition) is 5. The van der Waals surface area contributed by atoms with Crippen molar-refractivity contribution in [2.24, 2.45) is 0 Å². The second-order valence-corrected chi connectivity index (χ2v) is 3.94. The summed E-state index contributed by atoms with van der Waals surface area (Å²) in [5.41, 5.74) is 0.458. The number of hydrogen-bond donors (Lipinski definition) is 0. The lowest BCUT2D eigenvalue weighted by molar-refractivity contribution is 0.0563. The van der Waals surface area contributed by atoms with E-state index in [1.54, 1.807) is 24.3 Å². The molecule has 0 unspecified atom stereocenters. The molecule has 0 spiro atoms. The Morgan fingerprint density at radius 1 is 1.05 bits per heavy atom. The molecule has 5 nitrogen and oxygen atoms in total. The highest BCUT2D eigenvalue weighted by atomic mass is 16.5. The Morgan fingerprint density at radius 3 is 2.30 bits per heavy atom. The molecule has 104 valence electrons. The van der Waals surface area contributed by atoms with E-state index in [9.17, 15) is 9.59 Å². The molecule has 0 radical (unpaired) electrons. The predicted octanol–water partition coefficient (Wildman–Crippen LogP) is 2.70. The van der Waals surface area contributed by atoms with Crippen molar-refractivity contribution in [3.63, 3.8) is 0 Å². The first-order chi connectivity index (χ1) is 9.65. The molecule has 0 N–H and O–H groups in total. The minimum atomic E-state index is -0.615. The number of benzene rings is 1. The van der Waals surface area contributed by atoms with Gasteiger partial charge in [0.2, 0.25) is 11.5 Å². The first kappa shape index (κ1) is 13.9. The van der Waals surface area contributed by atoms with Crippen molar-refractivity contribution in [1.82, 2.24) is 0 Å². The molecule has 0 aliphatic carbocycles. The molecule has 1 aromatic carbocycles. The number of carbonyl (C=O) groups excluding carboxylic acids is 2. The molecule has 0 bridgehead atoms. The number of carbonyl (C=O) groups is 2. The number of rotatable bonds is 5. The molecule has 2 rings (SSSR count). The van der Waals surface area contributed by atoms with Crippen LogP contribution in [0.25, 0.3) is 0 Å². The van der Waals surface area contributed by atoms with Gasteiger partial charge >= 0.3 is 5.97 Å². The standard InChI is InChI=1S/C15H14O5/c1-3-19-11-6-4-10(5-7-11)14(16)12-8-9-13(20-12)15(17)18-2/h4-9H,3H2,1-2H3. The third-order valence-corrected chi connectivity index (χ3v) is 2.64. The van der Waals surface area contributed by atoms with Crippen LogP contribution in [0.2, 0.25) is 0 Å². The largest absolute Gasteiger partial charge is 0.494 e. The van der Waals surface area contributed by atoms with E-state index in [1.165, 1.54) is 19.2 Å². The van der Waals surface area contributed by atoms with Crippen molar-refractivity contribution in [2.75, 3.05) is 13.7 Å². The molecule has 0 saturated carbocycles. The Labute approximate surface area is 116 Å². The molecule has 1 aromatic heterocycles. The first-order valence-corrected chi connectivity index (χ1v) is 6.11. The topological polar surface area (TPSA) is 65.7 Å². The molecule has 0 aliphatic heterocycles. The Morgan fingerprint density at radius 2 is 1.70 bits per heavy atom. The van der Waals surface area contributed by atoms with Crippen LogP contribution in [0.15, 0.2) is 40.8 Å². The van der Waals surface area contributed by atoms with E-state index in [4.69, 9.17) is 9.15 Å². The summed E-state index contributed by atoms with van der Waals surface area (Å²) in [6.07, 6.45) is 0. The smallest absolute Gasteiger partial charge is 0.373 e. The van der Waals surface area contributed by atoms with Gasteiger partial charge in [-0.25, -0.2) is 4.79 Å². The Hall–Kier alpha value is -2.56. The van der Waals surface area contributed by atoms with Crippen LogP contribution in [-0.2, 0) is 4.74 Å². The zero-order valence-corrected chi connectivity index (χ0v) is 11.2. The monoisotopic (exact) mass is 274 g/mol. The van der Waals surface area contributed by atoms with Gasteiger partial charge < -0.3 is 13.9 Å². The van der Waals surface area contributed by atoms with E-state index < -0.39 is 5.97 Å². The van der Waals surface area contributed by atoms with Crippen molar-refractivity contribution in [3.05, 3.63) is 53.5 Å². The highest BCUT2D eigenvalue weighted by molar-refractivity contribution is 6.07. The van der Waals surface area contributed by atoms with Gasteiger partial charge in [-0.3, -0.25) is 4.79 Å². The van der Waals surface area contributed by atoms with Crippen LogP contribution in [0.1, 0.15) is 33.6 Å². The zero-order valence-electron chi connectivity index (χ0n) is 11.2. The molecule has 0 amide bonds. The van der Waals surface area contributed by atoms with E-state index in [0.717, 1.165) is 0 Å². The minimum Gasteiger partial charge on any atom is -0.494 e. The van der Waals surface area contributed by atoms with Crippen molar-refractivity contribution in [1.29, 1.82) is 0 Å². The number of furan rings is 1. The Balaban J connectivity index is 2.18. The molecule has 5 heteroatoms. The fraction of sp³-hybridized carbons (Fsp3) is 0.200. The highest BCUT2D eigenvalue weighted by Crippen LogP contribution is 2.17. The fourth-order valence-electron chi connectivity index (χ4n) is 1.68. The van der Waals surface area contributed by atoms with E-state index in [2.05, 4.69) is 4.74 Å². The quantitative estimate of drug-likeness (QED) is 0.619. The Kier molecular flexibility index (Phi) is 4.20. The first-order valence-electron chi connectivity index (χ1n) is 6.11. The summed E-state index contributed by atoms with van der Waals surface area (Å²) in [5, 5.41) is 0. The van der Waals surface area contributed by atoms with Gasteiger partial charge in [-0.2, -0.15) is 0 Å². The third kappa shape index (κ3) is 2.88. The maximum atomic E-state index is 12.2. The van der Waals surface area contributed by atoms with Crippen molar-refractivity contribution >= 4 is 11.8 Å².